The summed E-state index contributed by atoms with van der Waals surface area (Å²) in [6, 6.07) is 14.0. The number of aryl methyl sites for hydroxylation is 1. The number of oxazole rings is 1. The molecule has 0 aliphatic rings. The monoisotopic (exact) mass is 358 g/mol. The number of rotatable bonds is 3. The molecule has 110 valence electrons. The lowest BCUT2D eigenvalue weighted by Gasteiger charge is -1.98. The fourth-order valence-corrected chi connectivity index (χ4v) is 2.50. The Morgan fingerprint density at radius 2 is 1.64 bits per heavy atom. The third-order valence-electron chi connectivity index (χ3n) is 3.22. The highest BCUT2D eigenvalue weighted by Crippen LogP contribution is 2.33. The van der Waals surface area contributed by atoms with E-state index in [0.29, 0.717) is 21.8 Å². The molecule has 2 aromatic carbocycles. The molecule has 3 rings (SSSR count). The molecule has 3 aromatic rings. The molecular weight excluding hydrogens is 348 g/mol. The zero-order valence-corrected chi connectivity index (χ0v) is 13.2. The van der Waals surface area contributed by atoms with Crippen molar-refractivity contribution >= 4 is 21.6 Å². The van der Waals surface area contributed by atoms with Gasteiger partial charge in [-0.05, 0) is 35.0 Å². The maximum atomic E-state index is 10.7. The van der Waals surface area contributed by atoms with Crippen LogP contribution in [0.4, 0.5) is 5.69 Å². The number of non-ortho nitro benzene ring substituents is 1. The number of hydrogen-bond acceptors (Lipinski definition) is 4. The molecule has 0 N–H and O–H groups in total. The van der Waals surface area contributed by atoms with Crippen molar-refractivity contribution in [2.24, 2.45) is 0 Å². The van der Waals surface area contributed by atoms with Gasteiger partial charge >= 0.3 is 0 Å². The zero-order chi connectivity index (χ0) is 15.7. The Morgan fingerprint density at radius 3 is 2.23 bits per heavy atom. The van der Waals surface area contributed by atoms with Crippen molar-refractivity contribution in [1.82, 2.24) is 4.98 Å². The number of hydrogen-bond donors (Lipinski definition) is 0. The predicted octanol–water partition coefficient (Wildman–Crippen LogP) is 4.99. The smallest absolute Gasteiger partial charge is 0.269 e. The Labute approximate surface area is 134 Å². The maximum Gasteiger partial charge on any atom is 0.269 e. The molecule has 5 nitrogen and oxygen atoms in total. The lowest BCUT2D eigenvalue weighted by atomic mass is 10.1. The molecule has 0 saturated heterocycles. The van der Waals surface area contributed by atoms with Crippen LogP contribution in [0.3, 0.4) is 0 Å². The fraction of sp³-hybridized carbons (Fsp3) is 0.0625. The lowest BCUT2D eigenvalue weighted by Crippen LogP contribution is -1.87. The van der Waals surface area contributed by atoms with Gasteiger partial charge in [-0.1, -0.05) is 29.8 Å². The summed E-state index contributed by atoms with van der Waals surface area (Å²) in [5.41, 5.74) is 2.80. The van der Waals surface area contributed by atoms with Gasteiger partial charge in [0, 0.05) is 23.3 Å². The summed E-state index contributed by atoms with van der Waals surface area (Å²) in [4.78, 5) is 14.6. The molecule has 0 aliphatic carbocycles. The molecule has 0 radical (unpaired) electrons. The van der Waals surface area contributed by atoms with Gasteiger partial charge in [0.25, 0.3) is 5.69 Å². The van der Waals surface area contributed by atoms with Crippen LogP contribution in [0, 0.1) is 17.0 Å². The molecule has 1 aromatic heterocycles. The number of benzene rings is 2. The van der Waals surface area contributed by atoms with E-state index in [2.05, 4.69) is 20.9 Å². The van der Waals surface area contributed by atoms with Gasteiger partial charge in [-0.25, -0.2) is 4.98 Å². The first-order chi connectivity index (χ1) is 10.5. The summed E-state index contributed by atoms with van der Waals surface area (Å²) in [6.45, 7) is 2.02. The van der Waals surface area contributed by atoms with E-state index in [9.17, 15) is 10.1 Å². The van der Waals surface area contributed by atoms with Gasteiger partial charge in [-0.2, -0.15) is 0 Å². The standard InChI is InChI=1S/C16H11BrN2O3/c1-10-2-4-11(5-3-10)14-15(17)18-16(22-14)12-6-8-13(9-7-12)19(20)21/h2-9H,1H3. The van der Waals surface area contributed by atoms with Crippen molar-refractivity contribution in [3.8, 4) is 22.8 Å². The summed E-state index contributed by atoms with van der Waals surface area (Å²) < 4.78 is 6.40. The first-order valence-corrected chi connectivity index (χ1v) is 7.32. The number of halogens is 1. The van der Waals surface area contributed by atoms with Gasteiger partial charge < -0.3 is 4.42 Å². The van der Waals surface area contributed by atoms with Crippen molar-refractivity contribution in [1.29, 1.82) is 0 Å². The van der Waals surface area contributed by atoms with Crippen molar-refractivity contribution in [2.75, 3.05) is 0 Å². The van der Waals surface area contributed by atoms with Crippen LogP contribution in [0.2, 0.25) is 0 Å². The van der Waals surface area contributed by atoms with E-state index in [1.807, 2.05) is 31.2 Å². The van der Waals surface area contributed by atoms with Gasteiger partial charge in [0.05, 0.1) is 4.92 Å². The molecule has 0 atom stereocenters. The Kier molecular flexibility index (Phi) is 3.77. The second kappa shape index (κ2) is 5.73. The molecule has 1 heterocycles. The summed E-state index contributed by atoms with van der Waals surface area (Å²) in [5, 5.41) is 10.7. The molecule has 0 bridgehead atoms. The lowest BCUT2D eigenvalue weighted by molar-refractivity contribution is -0.384. The van der Waals surface area contributed by atoms with Crippen LogP contribution in [0.1, 0.15) is 5.56 Å². The van der Waals surface area contributed by atoms with Gasteiger partial charge in [0.2, 0.25) is 5.89 Å². The van der Waals surface area contributed by atoms with E-state index in [1.54, 1.807) is 12.1 Å². The summed E-state index contributed by atoms with van der Waals surface area (Å²) in [6.07, 6.45) is 0. The molecule has 0 saturated carbocycles. The summed E-state index contributed by atoms with van der Waals surface area (Å²) >= 11 is 3.39. The van der Waals surface area contributed by atoms with Crippen LogP contribution < -0.4 is 0 Å². The number of nitro groups is 1. The molecule has 0 spiro atoms. The van der Waals surface area contributed by atoms with Gasteiger partial charge in [0.15, 0.2) is 10.4 Å². The summed E-state index contributed by atoms with van der Waals surface area (Å²) in [7, 11) is 0. The average molecular weight is 359 g/mol. The Morgan fingerprint density at radius 1 is 1.05 bits per heavy atom. The van der Waals surface area contributed by atoms with Crippen LogP contribution in [-0.2, 0) is 0 Å². The molecule has 0 fully saturated rings. The molecule has 0 unspecified atom stereocenters. The van der Waals surface area contributed by atoms with Crippen molar-refractivity contribution in [2.45, 2.75) is 6.92 Å². The van der Waals surface area contributed by atoms with Gasteiger partial charge in [-0.15, -0.1) is 0 Å². The highest BCUT2D eigenvalue weighted by molar-refractivity contribution is 9.10. The molecule has 6 heteroatoms. The van der Waals surface area contributed by atoms with Crippen LogP contribution in [0.5, 0.6) is 0 Å². The minimum absolute atomic E-state index is 0.0353. The van der Waals surface area contributed by atoms with Crippen molar-refractivity contribution in [3.05, 3.63) is 68.8 Å². The Hall–Kier alpha value is -2.47. The third-order valence-corrected chi connectivity index (χ3v) is 3.76. The zero-order valence-electron chi connectivity index (χ0n) is 11.6. The first-order valence-electron chi connectivity index (χ1n) is 6.53. The highest BCUT2D eigenvalue weighted by Gasteiger charge is 2.15. The van der Waals surface area contributed by atoms with E-state index >= 15 is 0 Å². The third kappa shape index (κ3) is 2.78. The second-order valence-electron chi connectivity index (χ2n) is 4.81. The van der Waals surface area contributed by atoms with Crippen LogP contribution >= 0.6 is 15.9 Å². The van der Waals surface area contributed by atoms with Gasteiger partial charge in [0.1, 0.15) is 0 Å². The summed E-state index contributed by atoms with van der Waals surface area (Å²) in [5.74, 6) is 1.05. The number of nitrogens with zero attached hydrogens (tertiary/aromatic N) is 2. The Bertz CT molecular complexity index is 824. The van der Waals surface area contributed by atoms with Crippen LogP contribution in [-0.4, -0.2) is 9.91 Å². The average Bonchev–Trinajstić information content (AvgIpc) is 2.90. The largest absolute Gasteiger partial charge is 0.435 e. The Balaban J connectivity index is 1.98. The van der Waals surface area contributed by atoms with Crippen LogP contribution in [0.15, 0.2) is 57.6 Å². The maximum absolute atomic E-state index is 10.7. The van der Waals surface area contributed by atoms with Crippen molar-refractivity contribution < 1.29 is 9.34 Å². The van der Waals surface area contributed by atoms with E-state index in [1.165, 1.54) is 12.1 Å². The molecule has 0 amide bonds. The minimum atomic E-state index is -0.438. The SMILES string of the molecule is Cc1ccc(-c2oc(-c3ccc([N+](=O)[O-])cc3)nc2Br)cc1. The molecular formula is C16H11BrN2O3. The van der Waals surface area contributed by atoms with E-state index in [-0.39, 0.29) is 5.69 Å². The van der Waals surface area contributed by atoms with Crippen LogP contribution in [0.25, 0.3) is 22.8 Å². The minimum Gasteiger partial charge on any atom is -0.435 e. The fourth-order valence-electron chi connectivity index (χ4n) is 2.03. The number of aromatic nitrogens is 1. The predicted molar refractivity (Wildman–Crippen MR) is 86.5 cm³/mol. The topological polar surface area (TPSA) is 69.2 Å². The molecule has 0 aliphatic heterocycles. The quantitative estimate of drug-likeness (QED) is 0.488. The van der Waals surface area contributed by atoms with E-state index in [0.717, 1.165) is 11.1 Å². The highest BCUT2D eigenvalue weighted by atomic mass is 79.9. The van der Waals surface area contributed by atoms with Crippen molar-refractivity contribution in [3.63, 3.8) is 0 Å². The van der Waals surface area contributed by atoms with Gasteiger partial charge in [-0.3, -0.25) is 10.1 Å². The molecule has 22 heavy (non-hydrogen) atoms. The second-order valence-corrected chi connectivity index (χ2v) is 5.56. The van der Waals surface area contributed by atoms with E-state index in [4.69, 9.17) is 4.42 Å². The normalized spacial score (nSPS) is 10.6. The number of nitro benzene ring substituents is 1. The van der Waals surface area contributed by atoms with E-state index < -0.39 is 4.92 Å². The first kappa shape index (κ1) is 14.5.